The van der Waals surface area contributed by atoms with Crippen LogP contribution >= 0.6 is 0 Å². The van der Waals surface area contributed by atoms with Crippen LogP contribution in [0, 0.1) is 0 Å². The lowest BCUT2D eigenvalue weighted by atomic mass is 9.79. The van der Waals surface area contributed by atoms with Gasteiger partial charge in [-0.15, -0.1) is 0 Å². The Morgan fingerprint density at radius 3 is 1.12 bits per heavy atom. The van der Waals surface area contributed by atoms with E-state index in [0.29, 0.717) is 11.1 Å². The minimum atomic E-state index is -0.344. The normalized spacial score (nSPS) is 22.2. The van der Waals surface area contributed by atoms with E-state index in [1.165, 1.54) is 12.1 Å². The van der Waals surface area contributed by atoms with Gasteiger partial charge in [-0.2, -0.15) is 0 Å². The molecule has 0 fully saturated rings. The van der Waals surface area contributed by atoms with Gasteiger partial charge in [-0.05, 0) is 58.7 Å². The predicted octanol–water partition coefficient (Wildman–Crippen LogP) is 5.08. The molecule has 0 amide bonds. The zero-order valence-electron chi connectivity index (χ0n) is 17.9. The molecule has 2 aliphatic carbocycles. The standard InChI is InChI=1S/C28H22O6/c29-15-5-1-13(2-6-15)23-25-19(9-17(31)11-21(25)33)28-24(14-3-7-16(30)8-4-14)26-20(27(23)28)10-18(32)12-22(26)34/h1-12,23-24,27-34H/t23-,24-,27+,28+/m0/s1. The highest BCUT2D eigenvalue weighted by Gasteiger charge is 2.54. The minimum absolute atomic E-state index is 0.0298. The van der Waals surface area contributed by atoms with Gasteiger partial charge in [0.15, 0.2) is 0 Å². The molecule has 4 aromatic carbocycles. The maximum absolute atomic E-state index is 11.0. The summed E-state index contributed by atoms with van der Waals surface area (Å²) < 4.78 is 0. The van der Waals surface area contributed by atoms with Gasteiger partial charge in [0.1, 0.15) is 34.5 Å². The average molecular weight is 454 g/mol. The van der Waals surface area contributed by atoms with E-state index in [-0.39, 0.29) is 58.2 Å². The molecule has 6 N–H and O–H groups in total. The molecular formula is C28H22O6. The third-order valence-electron chi connectivity index (χ3n) is 7.30. The molecule has 34 heavy (non-hydrogen) atoms. The summed E-state index contributed by atoms with van der Waals surface area (Å²) >= 11 is 0. The summed E-state index contributed by atoms with van der Waals surface area (Å²) in [6, 6.07) is 19.5. The first-order valence-electron chi connectivity index (χ1n) is 11.0. The Balaban J connectivity index is 1.67. The van der Waals surface area contributed by atoms with Crippen LogP contribution in [0.25, 0.3) is 0 Å². The molecule has 0 radical (unpaired) electrons. The van der Waals surface area contributed by atoms with Gasteiger partial charge in [0.05, 0.1) is 0 Å². The lowest BCUT2D eigenvalue weighted by Gasteiger charge is -2.23. The van der Waals surface area contributed by atoms with E-state index in [2.05, 4.69) is 0 Å². The molecule has 2 aliphatic rings. The topological polar surface area (TPSA) is 121 Å². The van der Waals surface area contributed by atoms with Crippen molar-refractivity contribution in [3.63, 3.8) is 0 Å². The zero-order valence-corrected chi connectivity index (χ0v) is 17.9. The SMILES string of the molecule is Oc1ccc([C@H]2c3c(O)cc(O)cc3[C@@H]3[C@@H](c4ccc(O)cc4)c4c(O)cc(O)cc4[C@H]23)cc1. The monoisotopic (exact) mass is 454 g/mol. The van der Waals surface area contributed by atoms with E-state index in [9.17, 15) is 30.6 Å². The lowest BCUT2D eigenvalue weighted by Crippen LogP contribution is -2.10. The predicted molar refractivity (Wildman–Crippen MR) is 125 cm³/mol. The molecule has 6 heteroatoms. The van der Waals surface area contributed by atoms with Gasteiger partial charge < -0.3 is 30.6 Å². The third-order valence-corrected chi connectivity index (χ3v) is 7.30. The molecule has 0 aliphatic heterocycles. The largest absolute Gasteiger partial charge is 0.508 e. The number of phenolic OH excluding ortho intramolecular Hbond substituents is 6. The first-order valence-corrected chi connectivity index (χ1v) is 11.0. The van der Waals surface area contributed by atoms with Crippen LogP contribution in [0.5, 0.6) is 34.5 Å². The second-order valence-corrected chi connectivity index (χ2v) is 9.13. The molecule has 0 spiro atoms. The Hall–Kier alpha value is -4.32. The van der Waals surface area contributed by atoms with Gasteiger partial charge in [-0.25, -0.2) is 0 Å². The molecule has 0 bridgehead atoms. The van der Waals surface area contributed by atoms with Crippen LogP contribution in [0.15, 0.2) is 72.8 Å². The highest BCUT2D eigenvalue weighted by Crippen LogP contribution is 2.69. The third kappa shape index (κ3) is 2.81. The average Bonchev–Trinajstić information content (AvgIpc) is 3.29. The Morgan fingerprint density at radius 2 is 0.765 bits per heavy atom. The minimum Gasteiger partial charge on any atom is -0.508 e. The first-order chi connectivity index (χ1) is 16.3. The van der Waals surface area contributed by atoms with Gasteiger partial charge in [-0.1, -0.05) is 24.3 Å². The van der Waals surface area contributed by atoms with E-state index in [4.69, 9.17) is 0 Å². The quantitative estimate of drug-likeness (QED) is 0.251. The van der Waals surface area contributed by atoms with E-state index >= 15 is 0 Å². The van der Waals surface area contributed by atoms with Crippen molar-refractivity contribution in [2.45, 2.75) is 23.7 Å². The van der Waals surface area contributed by atoms with E-state index < -0.39 is 0 Å². The van der Waals surface area contributed by atoms with Gasteiger partial charge in [0, 0.05) is 46.9 Å². The van der Waals surface area contributed by atoms with Crippen LogP contribution in [-0.4, -0.2) is 30.6 Å². The fourth-order valence-corrected chi connectivity index (χ4v) is 6.15. The first kappa shape index (κ1) is 20.3. The van der Waals surface area contributed by atoms with Crippen LogP contribution in [-0.2, 0) is 0 Å². The van der Waals surface area contributed by atoms with E-state index in [0.717, 1.165) is 22.3 Å². The summed E-state index contributed by atoms with van der Waals surface area (Å²) in [6.07, 6.45) is 0. The number of phenols is 6. The number of hydrogen-bond donors (Lipinski definition) is 6. The zero-order chi connectivity index (χ0) is 23.7. The summed E-state index contributed by atoms with van der Waals surface area (Å²) in [5.41, 5.74) is 4.58. The molecule has 0 saturated heterocycles. The Bertz CT molecular complexity index is 1310. The summed E-state index contributed by atoms with van der Waals surface area (Å²) in [6.45, 7) is 0. The highest BCUT2D eigenvalue weighted by molar-refractivity contribution is 5.68. The molecule has 0 saturated carbocycles. The van der Waals surface area contributed by atoms with Crippen molar-refractivity contribution in [3.8, 4) is 34.5 Å². The van der Waals surface area contributed by atoms with E-state index in [1.807, 2.05) is 0 Å². The molecule has 0 aromatic heterocycles. The summed E-state index contributed by atoms with van der Waals surface area (Å²) in [5.74, 6) is -1.15. The maximum atomic E-state index is 11.0. The highest BCUT2D eigenvalue weighted by atomic mass is 16.3. The van der Waals surface area contributed by atoms with Gasteiger partial charge in [-0.3, -0.25) is 0 Å². The van der Waals surface area contributed by atoms with Gasteiger partial charge in [0.25, 0.3) is 0 Å². The summed E-state index contributed by atoms with van der Waals surface area (Å²) in [4.78, 5) is 0. The fraction of sp³-hybridized carbons (Fsp3) is 0.143. The molecular weight excluding hydrogens is 432 g/mol. The maximum Gasteiger partial charge on any atom is 0.123 e. The van der Waals surface area contributed by atoms with Crippen molar-refractivity contribution in [1.29, 1.82) is 0 Å². The van der Waals surface area contributed by atoms with Gasteiger partial charge in [0.2, 0.25) is 0 Å². The Morgan fingerprint density at radius 1 is 0.412 bits per heavy atom. The molecule has 6 rings (SSSR count). The van der Waals surface area contributed by atoms with E-state index in [1.54, 1.807) is 60.7 Å². The number of aromatic hydroxyl groups is 6. The van der Waals surface area contributed by atoms with Crippen LogP contribution < -0.4 is 0 Å². The van der Waals surface area contributed by atoms with Crippen LogP contribution in [0.4, 0.5) is 0 Å². The fourth-order valence-electron chi connectivity index (χ4n) is 6.15. The van der Waals surface area contributed by atoms with Crippen molar-refractivity contribution in [1.82, 2.24) is 0 Å². The molecule has 0 heterocycles. The molecule has 6 nitrogen and oxygen atoms in total. The van der Waals surface area contributed by atoms with Gasteiger partial charge >= 0.3 is 0 Å². The Kier molecular flexibility index (Phi) is 4.23. The van der Waals surface area contributed by atoms with Crippen molar-refractivity contribution in [2.75, 3.05) is 0 Å². The number of fused-ring (bicyclic) bond motifs is 5. The molecule has 0 unspecified atom stereocenters. The molecule has 4 aromatic rings. The van der Waals surface area contributed by atoms with Crippen LogP contribution in [0.2, 0.25) is 0 Å². The van der Waals surface area contributed by atoms with Crippen molar-refractivity contribution < 1.29 is 30.6 Å². The Labute approximate surface area is 195 Å². The smallest absolute Gasteiger partial charge is 0.123 e. The second-order valence-electron chi connectivity index (χ2n) is 9.13. The molecule has 170 valence electrons. The summed E-state index contributed by atoms with van der Waals surface area (Å²) in [7, 11) is 0. The summed E-state index contributed by atoms with van der Waals surface area (Å²) in [5, 5.41) is 62.4. The van der Waals surface area contributed by atoms with Crippen molar-refractivity contribution >= 4 is 0 Å². The number of benzene rings is 4. The molecule has 4 atom stereocenters. The van der Waals surface area contributed by atoms with Crippen molar-refractivity contribution in [2.24, 2.45) is 0 Å². The van der Waals surface area contributed by atoms with Crippen LogP contribution in [0.3, 0.4) is 0 Å². The van der Waals surface area contributed by atoms with Crippen molar-refractivity contribution in [3.05, 3.63) is 106 Å². The van der Waals surface area contributed by atoms with Crippen LogP contribution in [0.1, 0.15) is 57.1 Å². The lowest BCUT2D eigenvalue weighted by molar-refractivity contribution is 0.443. The second kappa shape index (κ2) is 7.09. The number of hydrogen-bond acceptors (Lipinski definition) is 6. The number of rotatable bonds is 2.